The Hall–Kier alpha value is -2.73. The molecule has 126 valence electrons. The number of hydrogen-bond acceptors (Lipinski definition) is 6. The highest BCUT2D eigenvalue weighted by molar-refractivity contribution is 7.14. The van der Waals surface area contributed by atoms with E-state index in [2.05, 4.69) is 27.7 Å². The summed E-state index contributed by atoms with van der Waals surface area (Å²) in [5.74, 6) is 0.476. The third-order valence-corrected chi connectivity index (χ3v) is 4.92. The van der Waals surface area contributed by atoms with E-state index in [9.17, 15) is 4.79 Å². The maximum Gasteiger partial charge on any atom is 0.345 e. The highest BCUT2D eigenvalue weighted by Crippen LogP contribution is 2.25. The topological polar surface area (TPSA) is 67.5 Å². The standard InChI is InChI=1S/C19H17N3O2S/c23-18-15(10-14-8-4-5-9-17(14)24-18)16-12-25-19(21-16)22-20-11-13-6-2-1-3-7-13/h1-2,4-5,8-13H,3,6-7H2,(H,21,22)/b20-11+/t13-/m1/s1. The summed E-state index contributed by atoms with van der Waals surface area (Å²) >= 11 is 1.41. The number of thiazole rings is 1. The smallest absolute Gasteiger partial charge is 0.345 e. The monoisotopic (exact) mass is 351 g/mol. The molecule has 0 unspecified atom stereocenters. The molecule has 0 radical (unpaired) electrons. The van der Waals surface area contributed by atoms with Gasteiger partial charge in [-0.05, 0) is 37.3 Å². The van der Waals surface area contributed by atoms with Gasteiger partial charge in [0, 0.05) is 17.0 Å². The van der Waals surface area contributed by atoms with Gasteiger partial charge in [-0.3, -0.25) is 5.43 Å². The average Bonchev–Trinajstić information content (AvgIpc) is 3.11. The van der Waals surface area contributed by atoms with Crippen LogP contribution in [0.1, 0.15) is 19.3 Å². The van der Waals surface area contributed by atoms with E-state index in [4.69, 9.17) is 4.42 Å². The average molecular weight is 351 g/mol. The molecule has 5 nitrogen and oxygen atoms in total. The summed E-state index contributed by atoms with van der Waals surface area (Å²) in [5, 5.41) is 7.65. The number of anilines is 1. The van der Waals surface area contributed by atoms with E-state index in [0.717, 1.165) is 24.6 Å². The van der Waals surface area contributed by atoms with Gasteiger partial charge in [0.15, 0.2) is 0 Å². The third kappa shape index (κ3) is 3.53. The lowest BCUT2D eigenvalue weighted by Gasteiger charge is -2.11. The van der Waals surface area contributed by atoms with Crippen molar-refractivity contribution in [3.05, 3.63) is 58.3 Å². The SMILES string of the molecule is O=c1oc2ccccc2cc1-c1csc(N/N=C/[C@@H]2CC=CCC2)n1. The number of rotatable bonds is 4. The Balaban J connectivity index is 1.53. The molecule has 3 aromatic rings. The lowest BCUT2D eigenvalue weighted by atomic mass is 9.96. The van der Waals surface area contributed by atoms with Crippen molar-refractivity contribution in [2.24, 2.45) is 11.0 Å². The second-order valence-corrected chi connectivity index (χ2v) is 6.82. The molecule has 2 aromatic heterocycles. The van der Waals surface area contributed by atoms with Crippen molar-refractivity contribution < 1.29 is 4.42 Å². The molecule has 2 heterocycles. The van der Waals surface area contributed by atoms with Gasteiger partial charge >= 0.3 is 5.63 Å². The van der Waals surface area contributed by atoms with E-state index in [1.807, 2.05) is 35.9 Å². The minimum absolute atomic E-state index is 0.381. The third-order valence-electron chi connectivity index (χ3n) is 4.18. The molecule has 0 saturated carbocycles. The predicted molar refractivity (Wildman–Crippen MR) is 102 cm³/mol. The van der Waals surface area contributed by atoms with Gasteiger partial charge in [-0.25, -0.2) is 9.78 Å². The zero-order valence-electron chi connectivity index (χ0n) is 13.5. The lowest BCUT2D eigenvalue weighted by molar-refractivity contribution is 0.563. The van der Waals surface area contributed by atoms with Gasteiger partial charge in [-0.2, -0.15) is 5.10 Å². The van der Waals surface area contributed by atoms with Crippen molar-refractivity contribution >= 4 is 33.7 Å². The Morgan fingerprint density at radius 3 is 3.12 bits per heavy atom. The summed E-state index contributed by atoms with van der Waals surface area (Å²) in [7, 11) is 0. The van der Waals surface area contributed by atoms with E-state index in [0.29, 0.717) is 27.9 Å². The normalized spacial score (nSPS) is 17.4. The van der Waals surface area contributed by atoms with Crippen molar-refractivity contribution in [3.8, 4) is 11.3 Å². The van der Waals surface area contributed by atoms with E-state index in [1.165, 1.54) is 11.3 Å². The molecule has 0 spiro atoms. The number of benzene rings is 1. The molecule has 0 aliphatic heterocycles. The Morgan fingerprint density at radius 1 is 1.32 bits per heavy atom. The van der Waals surface area contributed by atoms with Crippen molar-refractivity contribution in [3.63, 3.8) is 0 Å². The zero-order valence-corrected chi connectivity index (χ0v) is 14.3. The zero-order chi connectivity index (χ0) is 17.1. The van der Waals surface area contributed by atoms with Gasteiger partial charge in [0.1, 0.15) is 5.58 Å². The number of allylic oxidation sites excluding steroid dienone is 2. The maximum atomic E-state index is 12.2. The Morgan fingerprint density at radius 2 is 2.24 bits per heavy atom. The minimum atomic E-state index is -0.381. The molecule has 25 heavy (non-hydrogen) atoms. The molecule has 0 amide bonds. The molecule has 1 aliphatic rings. The van der Waals surface area contributed by atoms with Crippen LogP contribution in [0.3, 0.4) is 0 Å². The molecule has 1 aliphatic carbocycles. The summed E-state index contributed by atoms with van der Waals surface area (Å²) in [5.41, 5.74) is 4.22. The second kappa shape index (κ2) is 7.03. The number of hydrogen-bond donors (Lipinski definition) is 1. The van der Waals surface area contributed by atoms with Crippen LogP contribution in [0.25, 0.3) is 22.2 Å². The quantitative estimate of drug-likeness (QED) is 0.321. The van der Waals surface area contributed by atoms with Crippen LogP contribution >= 0.6 is 11.3 Å². The van der Waals surface area contributed by atoms with E-state index >= 15 is 0 Å². The number of hydrazone groups is 1. The fourth-order valence-corrected chi connectivity index (χ4v) is 3.50. The van der Waals surface area contributed by atoms with Gasteiger partial charge in [-0.1, -0.05) is 30.4 Å². The van der Waals surface area contributed by atoms with Gasteiger partial charge in [0.2, 0.25) is 5.13 Å². The first-order chi connectivity index (χ1) is 12.3. The molecule has 0 fully saturated rings. The van der Waals surface area contributed by atoms with Gasteiger partial charge in [0.25, 0.3) is 0 Å². The minimum Gasteiger partial charge on any atom is -0.422 e. The number of para-hydroxylation sites is 1. The van der Waals surface area contributed by atoms with Crippen LogP contribution in [0.4, 0.5) is 5.13 Å². The summed E-state index contributed by atoms with van der Waals surface area (Å²) < 4.78 is 5.37. The Labute approximate surface area is 148 Å². The largest absolute Gasteiger partial charge is 0.422 e. The maximum absolute atomic E-state index is 12.2. The predicted octanol–water partition coefficient (Wildman–Crippen LogP) is 4.67. The van der Waals surface area contributed by atoms with Crippen LogP contribution in [0, 0.1) is 5.92 Å². The van der Waals surface area contributed by atoms with Gasteiger partial charge in [0.05, 0.1) is 11.3 Å². The van der Waals surface area contributed by atoms with Crippen LogP contribution in [0.2, 0.25) is 0 Å². The number of aromatic nitrogens is 1. The lowest BCUT2D eigenvalue weighted by Crippen LogP contribution is -2.05. The van der Waals surface area contributed by atoms with Crippen molar-refractivity contribution in [2.45, 2.75) is 19.3 Å². The first-order valence-corrected chi connectivity index (χ1v) is 9.10. The summed E-state index contributed by atoms with van der Waals surface area (Å²) in [6.45, 7) is 0. The van der Waals surface area contributed by atoms with Crippen LogP contribution in [-0.2, 0) is 0 Å². The van der Waals surface area contributed by atoms with Crippen LogP contribution in [-0.4, -0.2) is 11.2 Å². The first kappa shape index (κ1) is 15.8. The van der Waals surface area contributed by atoms with E-state index < -0.39 is 0 Å². The molecule has 1 aromatic carbocycles. The molecule has 1 N–H and O–H groups in total. The number of nitrogens with one attached hydrogen (secondary N) is 1. The molecular formula is C19H17N3O2S. The molecule has 0 bridgehead atoms. The van der Waals surface area contributed by atoms with Crippen molar-refractivity contribution in [2.75, 3.05) is 5.43 Å². The van der Waals surface area contributed by atoms with Crippen molar-refractivity contribution in [1.29, 1.82) is 0 Å². The second-order valence-electron chi connectivity index (χ2n) is 5.96. The number of nitrogens with zero attached hydrogens (tertiary/aromatic N) is 2. The Bertz CT molecular complexity index is 1000. The molecular weight excluding hydrogens is 334 g/mol. The van der Waals surface area contributed by atoms with Gasteiger partial charge < -0.3 is 4.42 Å². The summed E-state index contributed by atoms with van der Waals surface area (Å²) in [4.78, 5) is 16.7. The highest BCUT2D eigenvalue weighted by Gasteiger charge is 2.11. The highest BCUT2D eigenvalue weighted by atomic mass is 32.1. The van der Waals surface area contributed by atoms with Gasteiger partial charge in [-0.15, -0.1) is 11.3 Å². The fraction of sp³-hybridized carbons (Fsp3) is 0.211. The first-order valence-electron chi connectivity index (χ1n) is 8.22. The van der Waals surface area contributed by atoms with Crippen LogP contribution in [0.5, 0.6) is 0 Å². The van der Waals surface area contributed by atoms with Crippen molar-refractivity contribution in [1.82, 2.24) is 4.98 Å². The Kier molecular flexibility index (Phi) is 4.43. The fourth-order valence-electron chi connectivity index (χ4n) is 2.84. The summed E-state index contributed by atoms with van der Waals surface area (Å²) in [6, 6.07) is 9.27. The van der Waals surface area contributed by atoms with E-state index in [1.54, 1.807) is 6.07 Å². The molecule has 0 saturated heterocycles. The van der Waals surface area contributed by atoms with Crippen LogP contribution in [0.15, 0.2) is 62.2 Å². The molecule has 1 atom stereocenters. The van der Waals surface area contributed by atoms with Crippen LogP contribution < -0.4 is 11.1 Å². The van der Waals surface area contributed by atoms with E-state index in [-0.39, 0.29) is 5.63 Å². The summed E-state index contributed by atoms with van der Waals surface area (Å²) in [6.07, 6.45) is 9.61. The molecule has 6 heteroatoms. The molecule has 4 rings (SSSR count). The number of fused-ring (bicyclic) bond motifs is 1.